The Balaban J connectivity index is 2.18. The van der Waals surface area contributed by atoms with Gasteiger partial charge in [0.2, 0.25) is 17.8 Å². The van der Waals surface area contributed by atoms with E-state index in [1.54, 1.807) is 30.4 Å². The van der Waals surface area contributed by atoms with Gasteiger partial charge in [-0.05, 0) is 13.8 Å². The number of hydrogen-bond donors (Lipinski definition) is 2. The number of hydrogen-bond acceptors (Lipinski definition) is 7. The van der Waals surface area contributed by atoms with Crippen LogP contribution in [0.4, 0.5) is 11.9 Å². The maximum Gasteiger partial charge on any atom is 0.241 e. The molecule has 2 aromatic heterocycles. The fraction of sp³-hybridized carbons (Fsp3) is 0.455. The second-order valence-corrected chi connectivity index (χ2v) is 4.60. The summed E-state index contributed by atoms with van der Waals surface area (Å²) in [4.78, 5) is 16.3. The molecule has 0 aromatic carbocycles. The van der Waals surface area contributed by atoms with Crippen molar-refractivity contribution in [2.75, 3.05) is 24.7 Å². The Morgan fingerprint density at radius 2 is 2.16 bits per heavy atom. The first-order chi connectivity index (χ1) is 9.00. The second-order valence-electron chi connectivity index (χ2n) is 4.60. The van der Waals surface area contributed by atoms with Gasteiger partial charge in [-0.3, -0.25) is 4.57 Å². The lowest BCUT2D eigenvalue weighted by Crippen LogP contribution is -2.32. The van der Waals surface area contributed by atoms with Gasteiger partial charge in [-0.25, -0.2) is 4.98 Å². The fourth-order valence-corrected chi connectivity index (χ4v) is 1.32. The van der Waals surface area contributed by atoms with E-state index in [0.29, 0.717) is 18.4 Å². The Bertz CT molecular complexity index is 538. The normalized spacial score (nSPS) is 11.5. The third kappa shape index (κ3) is 3.38. The molecule has 2 rings (SSSR count). The van der Waals surface area contributed by atoms with Gasteiger partial charge in [0.25, 0.3) is 0 Å². The standard InChI is InChI=1S/C11H17N7O/c1-11(2,19-3)6-14-9-15-8(12)16-10(17-9)18-5-4-13-7-18/h4-5,7H,6H2,1-3H3,(H3,12,14,15,16,17). The number of nitrogens with zero attached hydrogens (tertiary/aromatic N) is 5. The molecule has 0 aliphatic carbocycles. The number of imidazole rings is 1. The van der Waals surface area contributed by atoms with Crippen LogP contribution in [0.3, 0.4) is 0 Å². The molecule has 0 spiro atoms. The Labute approximate surface area is 111 Å². The topological polar surface area (TPSA) is 104 Å². The van der Waals surface area contributed by atoms with Gasteiger partial charge in [0, 0.05) is 26.0 Å². The van der Waals surface area contributed by atoms with Crippen molar-refractivity contribution >= 4 is 11.9 Å². The molecule has 3 N–H and O–H groups in total. The molecule has 0 atom stereocenters. The van der Waals surface area contributed by atoms with Gasteiger partial charge in [0.15, 0.2) is 0 Å². The molecule has 2 heterocycles. The van der Waals surface area contributed by atoms with Gasteiger partial charge >= 0.3 is 0 Å². The smallest absolute Gasteiger partial charge is 0.241 e. The zero-order valence-corrected chi connectivity index (χ0v) is 11.2. The Morgan fingerprint density at radius 1 is 1.37 bits per heavy atom. The van der Waals surface area contributed by atoms with Crippen LogP contribution in [-0.4, -0.2) is 43.8 Å². The number of nitrogens with one attached hydrogen (secondary N) is 1. The molecule has 0 unspecified atom stereocenters. The average molecular weight is 263 g/mol. The molecule has 8 heteroatoms. The molecule has 0 amide bonds. The first kappa shape index (κ1) is 13.2. The zero-order valence-electron chi connectivity index (χ0n) is 11.2. The summed E-state index contributed by atoms with van der Waals surface area (Å²) >= 11 is 0. The average Bonchev–Trinajstić information content (AvgIpc) is 2.90. The highest BCUT2D eigenvalue weighted by Crippen LogP contribution is 2.11. The molecular formula is C11H17N7O. The SMILES string of the molecule is COC(C)(C)CNc1nc(N)nc(-n2ccnc2)n1. The van der Waals surface area contributed by atoms with Gasteiger partial charge in [-0.15, -0.1) is 0 Å². The van der Waals surface area contributed by atoms with Gasteiger partial charge in [0.05, 0.1) is 5.60 Å². The van der Waals surface area contributed by atoms with E-state index in [1.165, 1.54) is 0 Å². The number of rotatable bonds is 5. The summed E-state index contributed by atoms with van der Waals surface area (Å²) in [5.74, 6) is 0.973. The molecule has 0 aliphatic rings. The Kier molecular flexibility index (Phi) is 3.61. The molecule has 0 saturated carbocycles. The minimum atomic E-state index is -0.323. The number of aromatic nitrogens is 5. The Morgan fingerprint density at radius 3 is 2.79 bits per heavy atom. The van der Waals surface area contributed by atoms with Crippen molar-refractivity contribution in [2.24, 2.45) is 0 Å². The van der Waals surface area contributed by atoms with Crippen LogP contribution in [0.1, 0.15) is 13.8 Å². The largest absolute Gasteiger partial charge is 0.377 e. The minimum Gasteiger partial charge on any atom is -0.377 e. The number of nitrogen functional groups attached to an aromatic ring is 1. The van der Waals surface area contributed by atoms with Crippen LogP contribution in [0, 0.1) is 0 Å². The molecule has 0 radical (unpaired) electrons. The third-order valence-corrected chi connectivity index (χ3v) is 2.60. The van der Waals surface area contributed by atoms with E-state index in [-0.39, 0.29) is 11.5 Å². The van der Waals surface area contributed by atoms with E-state index in [1.807, 2.05) is 13.8 Å². The van der Waals surface area contributed by atoms with Crippen LogP contribution in [0.15, 0.2) is 18.7 Å². The van der Waals surface area contributed by atoms with Crippen molar-refractivity contribution in [1.82, 2.24) is 24.5 Å². The lowest BCUT2D eigenvalue weighted by Gasteiger charge is -2.23. The highest BCUT2D eigenvalue weighted by Gasteiger charge is 2.17. The maximum atomic E-state index is 5.67. The quantitative estimate of drug-likeness (QED) is 0.808. The number of anilines is 2. The van der Waals surface area contributed by atoms with Crippen molar-refractivity contribution in [3.05, 3.63) is 18.7 Å². The maximum absolute atomic E-state index is 5.67. The fourth-order valence-electron chi connectivity index (χ4n) is 1.32. The van der Waals surface area contributed by atoms with E-state index in [4.69, 9.17) is 10.5 Å². The molecule has 0 bridgehead atoms. The van der Waals surface area contributed by atoms with E-state index >= 15 is 0 Å². The monoisotopic (exact) mass is 263 g/mol. The van der Waals surface area contributed by atoms with Crippen LogP contribution in [0.2, 0.25) is 0 Å². The minimum absolute atomic E-state index is 0.149. The summed E-state index contributed by atoms with van der Waals surface area (Å²) < 4.78 is 6.97. The predicted molar refractivity (Wildman–Crippen MR) is 70.9 cm³/mol. The summed E-state index contributed by atoms with van der Waals surface area (Å²) in [5.41, 5.74) is 5.35. The third-order valence-electron chi connectivity index (χ3n) is 2.60. The van der Waals surface area contributed by atoms with E-state index in [0.717, 1.165) is 0 Å². The molecule has 0 saturated heterocycles. The summed E-state index contributed by atoms with van der Waals surface area (Å²) in [5, 5.41) is 3.08. The van der Waals surface area contributed by atoms with Gasteiger partial charge in [-0.1, -0.05) is 0 Å². The Hall–Kier alpha value is -2.22. The first-order valence-electron chi connectivity index (χ1n) is 5.79. The highest BCUT2D eigenvalue weighted by atomic mass is 16.5. The van der Waals surface area contributed by atoms with Crippen molar-refractivity contribution < 1.29 is 4.74 Å². The lowest BCUT2D eigenvalue weighted by atomic mass is 10.1. The van der Waals surface area contributed by atoms with Crippen LogP contribution in [-0.2, 0) is 4.74 Å². The van der Waals surface area contributed by atoms with Gasteiger partial charge < -0.3 is 15.8 Å². The van der Waals surface area contributed by atoms with E-state index < -0.39 is 0 Å². The van der Waals surface area contributed by atoms with Crippen molar-refractivity contribution in [2.45, 2.75) is 19.4 Å². The zero-order chi connectivity index (χ0) is 13.9. The highest BCUT2D eigenvalue weighted by molar-refractivity contribution is 5.35. The molecule has 0 aliphatic heterocycles. The van der Waals surface area contributed by atoms with Crippen molar-refractivity contribution in [1.29, 1.82) is 0 Å². The summed E-state index contributed by atoms with van der Waals surface area (Å²) in [6.45, 7) is 4.47. The second kappa shape index (κ2) is 5.19. The van der Waals surface area contributed by atoms with Gasteiger partial charge in [-0.2, -0.15) is 15.0 Å². The summed E-state index contributed by atoms with van der Waals surface area (Å²) in [6.07, 6.45) is 4.97. The lowest BCUT2D eigenvalue weighted by molar-refractivity contribution is 0.0342. The van der Waals surface area contributed by atoms with Crippen molar-refractivity contribution in [3.63, 3.8) is 0 Å². The van der Waals surface area contributed by atoms with Gasteiger partial charge in [0.1, 0.15) is 6.33 Å². The van der Waals surface area contributed by atoms with Crippen LogP contribution in [0.5, 0.6) is 0 Å². The molecular weight excluding hydrogens is 246 g/mol. The predicted octanol–water partition coefficient (Wildman–Crippen LogP) is 0.476. The van der Waals surface area contributed by atoms with Crippen LogP contribution in [0.25, 0.3) is 5.95 Å². The summed E-state index contributed by atoms with van der Waals surface area (Å²) in [7, 11) is 1.65. The first-order valence-corrected chi connectivity index (χ1v) is 5.79. The number of nitrogens with two attached hydrogens (primary N) is 1. The number of ether oxygens (including phenoxy) is 1. The van der Waals surface area contributed by atoms with Crippen LogP contribution >= 0.6 is 0 Å². The van der Waals surface area contributed by atoms with Crippen molar-refractivity contribution in [3.8, 4) is 5.95 Å². The summed E-state index contributed by atoms with van der Waals surface area (Å²) in [6, 6.07) is 0. The number of methoxy groups -OCH3 is 1. The van der Waals surface area contributed by atoms with E-state index in [9.17, 15) is 0 Å². The van der Waals surface area contributed by atoms with Crippen LogP contribution < -0.4 is 11.1 Å². The van der Waals surface area contributed by atoms with E-state index in [2.05, 4.69) is 25.3 Å². The molecule has 19 heavy (non-hydrogen) atoms. The molecule has 102 valence electrons. The molecule has 2 aromatic rings. The molecule has 0 fully saturated rings. The molecule has 8 nitrogen and oxygen atoms in total.